The molecule has 2 heterocycles. The summed E-state index contributed by atoms with van der Waals surface area (Å²) < 4.78 is 2.17. The van der Waals surface area contributed by atoms with Gasteiger partial charge in [-0.05, 0) is 44.7 Å². The molecule has 1 unspecified atom stereocenters. The Labute approximate surface area is 121 Å². The van der Waals surface area contributed by atoms with Gasteiger partial charge < -0.3 is 0 Å². The van der Waals surface area contributed by atoms with Crippen molar-refractivity contribution in [1.82, 2.24) is 14.7 Å². The fraction of sp³-hybridized carbons (Fsp3) is 0.750. The first-order valence-electron chi connectivity index (χ1n) is 8.04. The topological polar surface area (TPSA) is 44.9 Å². The Bertz CT molecular complexity index is 467. The number of nitriles is 1. The highest BCUT2D eigenvalue weighted by Crippen LogP contribution is 2.27. The van der Waals surface area contributed by atoms with E-state index in [4.69, 9.17) is 5.10 Å². The van der Waals surface area contributed by atoms with Crippen LogP contribution in [0.5, 0.6) is 0 Å². The Morgan fingerprint density at radius 2 is 1.95 bits per heavy atom. The Hall–Kier alpha value is -1.34. The summed E-state index contributed by atoms with van der Waals surface area (Å²) in [7, 11) is 0. The van der Waals surface area contributed by atoms with E-state index in [1.54, 1.807) is 0 Å². The quantitative estimate of drug-likeness (QED) is 0.848. The van der Waals surface area contributed by atoms with E-state index in [-0.39, 0.29) is 6.04 Å². The average molecular weight is 272 g/mol. The highest BCUT2D eigenvalue weighted by molar-refractivity contribution is 5.03. The van der Waals surface area contributed by atoms with Crippen molar-refractivity contribution in [3.63, 3.8) is 0 Å². The van der Waals surface area contributed by atoms with Gasteiger partial charge in [0.1, 0.15) is 0 Å². The molecule has 4 heteroatoms. The second-order valence-electron chi connectivity index (χ2n) is 6.19. The van der Waals surface area contributed by atoms with E-state index in [9.17, 15) is 5.26 Å². The van der Waals surface area contributed by atoms with Crippen molar-refractivity contribution in [2.45, 2.75) is 70.0 Å². The van der Waals surface area contributed by atoms with Crippen LogP contribution in [0, 0.1) is 11.3 Å². The van der Waals surface area contributed by atoms with Crippen LogP contribution in [-0.2, 0) is 6.54 Å². The highest BCUT2D eigenvalue weighted by atomic mass is 15.3. The first kappa shape index (κ1) is 13.6. The van der Waals surface area contributed by atoms with Crippen LogP contribution in [-0.4, -0.2) is 27.3 Å². The molecule has 4 nitrogen and oxygen atoms in total. The van der Waals surface area contributed by atoms with E-state index in [0.29, 0.717) is 6.04 Å². The summed E-state index contributed by atoms with van der Waals surface area (Å²) in [5.74, 6) is 0. The summed E-state index contributed by atoms with van der Waals surface area (Å²) in [6, 6.07) is 5.26. The number of rotatable bonds is 3. The standard InChI is InChI=1S/C16H24N4/c17-12-16-8-4-5-10-19(16)13-14-9-11-20(18-14)15-6-2-1-3-7-15/h9,11,15-16H,1-8,10,13H2. The molecule has 0 spiro atoms. The summed E-state index contributed by atoms with van der Waals surface area (Å²) in [4.78, 5) is 2.29. The minimum atomic E-state index is 0.0866. The number of aromatic nitrogens is 2. The van der Waals surface area contributed by atoms with Gasteiger partial charge in [-0.15, -0.1) is 0 Å². The summed E-state index contributed by atoms with van der Waals surface area (Å²) in [5.41, 5.74) is 1.12. The Kier molecular flexibility index (Phi) is 4.37. The number of piperidine rings is 1. The van der Waals surface area contributed by atoms with Gasteiger partial charge in [0.2, 0.25) is 0 Å². The van der Waals surface area contributed by atoms with E-state index < -0.39 is 0 Å². The van der Waals surface area contributed by atoms with E-state index in [1.165, 1.54) is 44.9 Å². The van der Waals surface area contributed by atoms with Crippen molar-refractivity contribution in [1.29, 1.82) is 5.26 Å². The Balaban J connectivity index is 1.63. The molecule has 1 aliphatic carbocycles. The molecule has 1 aromatic heterocycles. The van der Waals surface area contributed by atoms with Gasteiger partial charge in [0.15, 0.2) is 0 Å². The molecule has 3 rings (SSSR count). The maximum atomic E-state index is 9.23. The molecule has 1 atom stereocenters. The molecule has 108 valence electrons. The molecular weight excluding hydrogens is 248 g/mol. The molecule has 1 aliphatic heterocycles. The number of hydrogen-bond acceptors (Lipinski definition) is 3. The lowest BCUT2D eigenvalue weighted by Crippen LogP contribution is -2.38. The zero-order valence-corrected chi connectivity index (χ0v) is 12.2. The fourth-order valence-corrected chi connectivity index (χ4v) is 3.55. The first-order valence-corrected chi connectivity index (χ1v) is 8.04. The minimum absolute atomic E-state index is 0.0866. The van der Waals surface area contributed by atoms with E-state index in [2.05, 4.69) is 27.9 Å². The lowest BCUT2D eigenvalue weighted by atomic mass is 9.96. The largest absolute Gasteiger partial charge is 0.282 e. The molecule has 1 saturated carbocycles. The fourth-order valence-electron chi connectivity index (χ4n) is 3.55. The SMILES string of the molecule is N#CC1CCCCN1Cc1ccn(C2CCCCC2)n1. The van der Waals surface area contributed by atoms with E-state index in [0.717, 1.165) is 25.2 Å². The van der Waals surface area contributed by atoms with Gasteiger partial charge in [0, 0.05) is 12.7 Å². The number of nitrogens with zero attached hydrogens (tertiary/aromatic N) is 4. The molecule has 0 aromatic carbocycles. The first-order chi connectivity index (χ1) is 9.86. The zero-order valence-electron chi connectivity index (χ0n) is 12.2. The molecule has 0 amide bonds. The van der Waals surface area contributed by atoms with Gasteiger partial charge in [0.05, 0.1) is 23.8 Å². The predicted molar refractivity (Wildman–Crippen MR) is 78.0 cm³/mol. The minimum Gasteiger partial charge on any atom is -0.282 e. The average Bonchev–Trinajstić information content (AvgIpc) is 2.97. The molecule has 1 saturated heterocycles. The third-order valence-corrected chi connectivity index (χ3v) is 4.74. The van der Waals surface area contributed by atoms with E-state index in [1.807, 2.05) is 0 Å². The van der Waals surface area contributed by atoms with Crippen LogP contribution in [0.15, 0.2) is 12.3 Å². The van der Waals surface area contributed by atoms with Gasteiger partial charge in [0.25, 0.3) is 0 Å². The zero-order chi connectivity index (χ0) is 13.8. The molecule has 1 aromatic rings. The lowest BCUT2D eigenvalue weighted by molar-refractivity contribution is 0.173. The van der Waals surface area contributed by atoms with Crippen molar-refractivity contribution < 1.29 is 0 Å². The molecular formula is C16H24N4. The Morgan fingerprint density at radius 3 is 2.75 bits per heavy atom. The predicted octanol–water partition coefficient (Wildman–Crippen LogP) is 3.27. The van der Waals surface area contributed by atoms with Gasteiger partial charge in [-0.2, -0.15) is 10.4 Å². The molecule has 2 aliphatic rings. The van der Waals surface area contributed by atoms with Crippen LogP contribution in [0.4, 0.5) is 0 Å². The smallest absolute Gasteiger partial charge is 0.0981 e. The van der Waals surface area contributed by atoms with Crippen molar-refractivity contribution in [2.24, 2.45) is 0 Å². The van der Waals surface area contributed by atoms with Crippen LogP contribution in [0.25, 0.3) is 0 Å². The van der Waals surface area contributed by atoms with Crippen LogP contribution >= 0.6 is 0 Å². The summed E-state index contributed by atoms with van der Waals surface area (Å²) in [6.07, 6.45) is 12.1. The highest BCUT2D eigenvalue weighted by Gasteiger charge is 2.23. The van der Waals surface area contributed by atoms with Crippen LogP contribution in [0.1, 0.15) is 63.1 Å². The monoisotopic (exact) mass is 272 g/mol. The molecule has 0 radical (unpaired) electrons. The van der Waals surface area contributed by atoms with Gasteiger partial charge in [-0.25, -0.2) is 0 Å². The van der Waals surface area contributed by atoms with Gasteiger partial charge >= 0.3 is 0 Å². The van der Waals surface area contributed by atoms with Crippen LogP contribution in [0.2, 0.25) is 0 Å². The lowest BCUT2D eigenvalue weighted by Gasteiger charge is -2.30. The maximum absolute atomic E-state index is 9.23. The summed E-state index contributed by atoms with van der Waals surface area (Å²) in [6.45, 7) is 1.87. The van der Waals surface area contributed by atoms with Crippen molar-refractivity contribution in [3.8, 4) is 6.07 Å². The second kappa shape index (κ2) is 6.41. The molecule has 0 bridgehead atoms. The third-order valence-electron chi connectivity index (χ3n) is 4.74. The van der Waals surface area contributed by atoms with Gasteiger partial charge in [-0.1, -0.05) is 19.3 Å². The van der Waals surface area contributed by atoms with Gasteiger partial charge in [-0.3, -0.25) is 9.58 Å². The second-order valence-corrected chi connectivity index (χ2v) is 6.19. The summed E-state index contributed by atoms with van der Waals surface area (Å²) >= 11 is 0. The van der Waals surface area contributed by atoms with E-state index >= 15 is 0 Å². The van der Waals surface area contributed by atoms with Crippen LogP contribution < -0.4 is 0 Å². The molecule has 2 fully saturated rings. The number of likely N-dealkylation sites (tertiary alicyclic amines) is 1. The Morgan fingerprint density at radius 1 is 1.15 bits per heavy atom. The normalized spacial score (nSPS) is 25.4. The maximum Gasteiger partial charge on any atom is 0.0981 e. The molecule has 0 N–H and O–H groups in total. The number of hydrogen-bond donors (Lipinski definition) is 0. The molecule has 20 heavy (non-hydrogen) atoms. The van der Waals surface area contributed by atoms with Crippen LogP contribution in [0.3, 0.4) is 0 Å². The van der Waals surface area contributed by atoms with Crippen molar-refractivity contribution >= 4 is 0 Å². The third kappa shape index (κ3) is 3.04. The van der Waals surface area contributed by atoms with Crippen molar-refractivity contribution in [3.05, 3.63) is 18.0 Å². The summed E-state index contributed by atoms with van der Waals surface area (Å²) in [5, 5.41) is 14.0. The van der Waals surface area contributed by atoms with Crippen molar-refractivity contribution in [2.75, 3.05) is 6.54 Å².